The highest BCUT2D eigenvalue weighted by Gasteiger charge is 2.34. The van der Waals surface area contributed by atoms with E-state index in [1.165, 1.54) is 6.42 Å². The van der Waals surface area contributed by atoms with Crippen molar-refractivity contribution in [3.05, 3.63) is 39.9 Å². The van der Waals surface area contributed by atoms with Crippen molar-refractivity contribution >= 4 is 5.69 Å². The molecule has 1 aliphatic carbocycles. The molecule has 4 heteroatoms. The van der Waals surface area contributed by atoms with Crippen molar-refractivity contribution in [2.45, 2.75) is 37.6 Å². The number of hydrogen-bond donors (Lipinski definition) is 1. The Bertz CT molecular complexity index is 398. The summed E-state index contributed by atoms with van der Waals surface area (Å²) in [6.45, 7) is 0. The topological polar surface area (TPSA) is 69.2 Å². The number of benzene rings is 1. The zero-order chi connectivity index (χ0) is 11.6. The molecule has 0 amide bonds. The SMILES string of the molecule is NC1(c2ccccc2[N+](=O)[O-])CCCCC1. The Morgan fingerprint density at radius 1 is 1.19 bits per heavy atom. The first kappa shape index (κ1) is 11.1. The van der Waals surface area contributed by atoms with Crippen molar-refractivity contribution < 1.29 is 4.92 Å². The molecular weight excluding hydrogens is 204 g/mol. The number of hydrogen-bond acceptors (Lipinski definition) is 3. The fourth-order valence-electron chi connectivity index (χ4n) is 2.51. The summed E-state index contributed by atoms with van der Waals surface area (Å²) in [4.78, 5) is 10.6. The van der Waals surface area contributed by atoms with E-state index in [2.05, 4.69) is 0 Å². The molecule has 0 unspecified atom stereocenters. The van der Waals surface area contributed by atoms with Crippen molar-refractivity contribution in [1.29, 1.82) is 0 Å². The minimum absolute atomic E-state index is 0.159. The van der Waals surface area contributed by atoms with Crippen molar-refractivity contribution in [3.63, 3.8) is 0 Å². The highest BCUT2D eigenvalue weighted by Crippen LogP contribution is 2.38. The van der Waals surface area contributed by atoms with Gasteiger partial charge in [-0.2, -0.15) is 0 Å². The van der Waals surface area contributed by atoms with E-state index in [4.69, 9.17) is 5.73 Å². The predicted molar refractivity (Wildman–Crippen MR) is 62.0 cm³/mol. The maximum atomic E-state index is 11.0. The maximum absolute atomic E-state index is 11.0. The summed E-state index contributed by atoms with van der Waals surface area (Å²) < 4.78 is 0. The van der Waals surface area contributed by atoms with Crippen LogP contribution < -0.4 is 5.73 Å². The molecule has 4 nitrogen and oxygen atoms in total. The highest BCUT2D eigenvalue weighted by molar-refractivity contribution is 5.44. The van der Waals surface area contributed by atoms with Crippen molar-refractivity contribution in [1.82, 2.24) is 0 Å². The lowest BCUT2D eigenvalue weighted by atomic mass is 9.77. The van der Waals surface area contributed by atoms with Gasteiger partial charge in [0.1, 0.15) is 0 Å². The van der Waals surface area contributed by atoms with E-state index >= 15 is 0 Å². The standard InChI is InChI=1S/C12H16N2O2/c13-12(8-4-1-5-9-12)10-6-2-3-7-11(10)14(15)16/h2-3,6-7H,1,4-5,8-9,13H2. The van der Waals surface area contributed by atoms with E-state index in [1.54, 1.807) is 18.2 Å². The third kappa shape index (κ3) is 1.93. The first-order valence-corrected chi connectivity index (χ1v) is 5.66. The van der Waals surface area contributed by atoms with Gasteiger partial charge in [0, 0.05) is 17.2 Å². The molecule has 0 aliphatic heterocycles. The summed E-state index contributed by atoms with van der Waals surface area (Å²) >= 11 is 0. The molecule has 16 heavy (non-hydrogen) atoms. The first-order chi connectivity index (χ1) is 7.63. The second-order valence-corrected chi connectivity index (χ2v) is 4.49. The molecule has 0 bridgehead atoms. The largest absolute Gasteiger partial charge is 0.321 e. The van der Waals surface area contributed by atoms with Crippen LogP contribution >= 0.6 is 0 Å². The molecule has 0 heterocycles. The number of nitro groups is 1. The van der Waals surface area contributed by atoms with E-state index in [0.29, 0.717) is 5.56 Å². The van der Waals surface area contributed by atoms with Crippen LogP contribution in [-0.4, -0.2) is 4.92 Å². The minimum Gasteiger partial charge on any atom is -0.321 e. The number of nitrogens with zero attached hydrogens (tertiary/aromatic N) is 1. The van der Waals surface area contributed by atoms with E-state index in [0.717, 1.165) is 25.7 Å². The van der Waals surface area contributed by atoms with Gasteiger partial charge in [-0.3, -0.25) is 10.1 Å². The zero-order valence-corrected chi connectivity index (χ0v) is 9.19. The van der Waals surface area contributed by atoms with Crippen LogP contribution in [-0.2, 0) is 5.54 Å². The van der Waals surface area contributed by atoms with Gasteiger partial charge in [-0.05, 0) is 12.8 Å². The Balaban J connectivity index is 2.42. The highest BCUT2D eigenvalue weighted by atomic mass is 16.6. The van der Waals surface area contributed by atoms with Crippen LogP contribution in [0.2, 0.25) is 0 Å². The molecule has 86 valence electrons. The van der Waals surface area contributed by atoms with Crippen LogP contribution in [0.15, 0.2) is 24.3 Å². The second-order valence-electron chi connectivity index (χ2n) is 4.49. The smallest absolute Gasteiger partial charge is 0.274 e. The lowest BCUT2D eigenvalue weighted by molar-refractivity contribution is -0.386. The molecule has 1 fully saturated rings. The molecule has 1 aromatic rings. The molecule has 0 spiro atoms. The van der Waals surface area contributed by atoms with E-state index in [1.807, 2.05) is 6.07 Å². The average molecular weight is 220 g/mol. The van der Waals surface area contributed by atoms with Crippen LogP contribution in [0.3, 0.4) is 0 Å². The summed E-state index contributed by atoms with van der Waals surface area (Å²) in [5.41, 5.74) is 6.67. The minimum atomic E-state index is -0.498. The summed E-state index contributed by atoms with van der Waals surface area (Å²) in [5.74, 6) is 0. The predicted octanol–water partition coefficient (Wildman–Crippen LogP) is 2.71. The first-order valence-electron chi connectivity index (χ1n) is 5.66. The average Bonchev–Trinajstić information content (AvgIpc) is 2.30. The summed E-state index contributed by atoms with van der Waals surface area (Å²) in [7, 11) is 0. The van der Waals surface area contributed by atoms with Gasteiger partial charge in [0.2, 0.25) is 0 Å². The van der Waals surface area contributed by atoms with Gasteiger partial charge in [-0.25, -0.2) is 0 Å². The normalized spacial score (nSPS) is 19.3. The molecule has 2 rings (SSSR count). The van der Waals surface area contributed by atoms with Gasteiger partial charge >= 0.3 is 0 Å². The van der Waals surface area contributed by atoms with Gasteiger partial charge in [-0.1, -0.05) is 37.5 Å². The Morgan fingerprint density at radius 3 is 2.44 bits per heavy atom. The van der Waals surface area contributed by atoms with Gasteiger partial charge in [0.25, 0.3) is 5.69 Å². The van der Waals surface area contributed by atoms with Gasteiger partial charge in [0.05, 0.1) is 4.92 Å². The maximum Gasteiger partial charge on any atom is 0.274 e. The summed E-state index contributed by atoms with van der Waals surface area (Å²) in [6.07, 6.45) is 4.99. The third-order valence-electron chi connectivity index (χ3n) is 3.38. The Kier molecular flexibility index (Phi) is 2.92. The Morgan fingerprint density at radius 2 is 1.81 bits per heavy atom. The van der Waals surface area contributed by atoms with Gasteiger partial charge < -0.3 is 5.73 Å². The van der Waals surface area contributed by atoms with E-state index < -0.39 is 5.54 Å². The molecule has 2 N–H and O–H groups in total. The molecule has 0 atom stereocenters. The van der Waals surface area contributed by atoms with Crippen LogP contribution in [0.5, 0.6) is 0 Å². The monoisotopic (exact) mass is 220 g/mol. The Hall–Kier alpha value is -1.42. The van der Waals surface area contributed by atoms with Crippen LogP contribution in [0.4, 0.5) is 5.69 Å². The fourth-order valence-corrected chi connectivity index (χ4v) is 2.51. The fraction of sp³-hybridized carbons (Fsp3) is 0.500. The van der Waals surface area contributed by atoms with Crippen molar-refractivity contribution in [2.75, 3.05) is 0 Å². The van der Waals surface area contributed by atoms with Crippen LogP contribution in [0, 0.1) is 10.1 Å². The molecule has 0 saturated heterocycles. The van der Waals surface area contributed by atoms with Gasteiger partial charge in [0.15, 0.2) is 0 Å². The van der Waals surface area contributed by atoms with Crippen molar-refractivity contribution in [2.24, 2.45) is 5.73 Å². The number of para-hydroxylation sites is 1. The van der Waals surface area contributed by atoms with E-state index in [9.17, 15) is 10.1 Å². The number of rotatable bonds is 2. The molecule has 0 aromatic heterocycles. The third-order valence-corrected chi connectivity index (χ3v) is 3.38. The molecule has 1 aromatic carbocycles. The zero-order valence-electron chi connectivity index (χ0n) is 9.19. The summed E-state index contributed by atoms with van der Waals surface area (Å²) in [6, 6.07) is 6.85. The van der Waals surface area contributed by atoms with Crippen LogP contribution in [0.1, 0.15) is 37.7 Å². The molecule has 1 saturated carbocycles. The molecular formula is C12H16N2O2. The quantitative estimate of drug-likeness (QED) is 0.615. The Labute approximate surface area is 94.6 Å². The van der Waals surface area contributed by atoms with E-state index in [-0.39, 0.29) is 10.6 Å². The number of nitrogens with two attached hydrogens (primary N) is 1. The molecule has 1 aliphatic rings. The van der Waals surface area contributed by atoms with Crippen molar-refractivity contribution in [3.8, 4) is 0 Å². The number of nitro benzene ring substituents is 1. The molecule has 0 radical (unpaired) electrons. The van der Waals surface area contributed by atoms with Gasteiger partial charge in [-0.15, -0.1) is 0 Å². The lowest BCUT2D eigenvalue weighted by Crippen LogP contribution is -2.39. The second kappa shape index (κ2) is 4.22. The summed E-state index contributed by atoms with van der Waals surface area (Å²) in [5, 5.41) is 11.0. The lowest BCUT2D eigenvalue weighted by Gasteiger charge is -2.33. The van der Waals surface area contributed by atoms with Crippen LogP contribution in [0.25, 0.3) is 0 Å².